The zero-order valence-electron chi connectivity index (χ0n) is 15.7. The third-order valence-electron chi connectivity index (χ3n) is 4.97. The topological polar surface area (TPSA) is 92.7 Å². The molecule has 1 fully saturated rings. The van der Waals surface area contributed by atoms with Crippen LogP contribution < -0.4 is 15.8 Å². The number of hydrogen-bond acceptors (Lipinski definition) is 7. The molecule has 5 rings (SSSR count). The molecule has 0 aliphatic carbocycles. The first-order valence-corrected chi connectivity index (χ1v) is 9.28. The fourth-order valence-electron chi connectivity index (χ4n) is 3.61. The monoisotopic (exact) mass is 376 g/mol. The van der Waals surface area contributed by atoms with Crippen LogP contribution in [0.15, 0.2) is 41.6 Å². The zero-order valence-corrected chi connectivity index (χ0v) is 15.7. The minimum absolute atomic E-state index is 0.125. The first-order valence-electron chi connectivity index (χ1n) is 9.28. The van der Waals surface area contributed by atoms with Crippen LogP contribution in [0.2, 0.25) is 0 Å². The first-order chi connectivity index (χ1) is 13.6. The normalized spacial score (nSPS) is 17.5. The smallest absolute Gasteiger partial charge is 0.258 e. The zero-order chi connectivity index (χ0) is 19.3. The third-order valence-corrected chi connectivity index (χ3v) is 4.97. The van der Waals surface area contributed by atoms with Gasteiger partial charge in [0.25, 0.3) is 11.3 Å². The van der Waals surface area contributed by atoms with Gasteiger partial charge in [-0.05, 0) is 26.0 Å². The first kappa shape index (κ1) is 16.8. The number of fused-ring (bicyclic) bond motifs is 2. The molecular formula is C19H20N8O. The van der Waals surface area contributed by atoms with Gasteiger partial charge in [-0.25, -0.2) is 14.5 Å². The summed E-state index contributed by atoms with van der Waals surface area (Å²) in [7, 11) is 0. The van der Waals surface area contributed by atoms with Crippen molar-refractivity contribution in [2.45, 2.75) is 19.9 Å². The lowest BCUT2D eigenvalue weighted by Crippen LogP contribution is -2.49. The molecule has 28 heavy (non-hydrogen) atoms. The lowest BCUT2D eigenvalue weighted by Gasteiger charge is -2.33. The van der Waals surface area contributed by atoms with E-state index in [0.717, 1.165) is 30.9 Å². The molecule has 0 unspecified atom stereocenters. The minimum Gasteiger partial charge on any atom is -0.368 e. The maximum atomic E-state index is 12.8. The molecule has 0 radical (unpaired) electrons. The number of aryl methyl sites for hydroxylation is 1. The minimum atomic E-state index is -0.125. The van der Waals surface area contributed by atoms with Crippen LogP contribution in [0.4, 0.5) is 5.69 Å². The Labute approximate surface area is 160 Å². The van der Waals surface area contributed by atoms with Gasteiger partial charge in [-0.15, -0.1) is 0 Å². The average molecular weight is 376 g/mol. The summed E-state index contributed by atoms with van der Waals surface area (Å²) in [6.07, 6.45) is 5.32. The predicted molar refractivity (Wildman–Crippen MR) is 106 cm³/mol. The van der Waals surface area contributed by atoms with E-state index in [1.807, 2.05) is 25.3 Å². The Morgan fingerprint density at radius 2 is 2.11 bits per heavy atom. The largest absolute Gasteiger partial charge is 0.368 e. The van der Waals surface area contributed by atoms with E-state index in [0.29, 0.717) is 29.0 Å². The molecule has 4 aromatic heterocycles. The number of rotatable bonds is 2. The quantitative estimate of drug-likeness (QED) is 0.556. The number of nitrogens with one attached hydrogen (secondary N) is 1. The van der Waals surface area contributed by atoms with Crippen LogP contribution in [-0.4, -0.2) is 54.6 Å². The fourth-order valence-corrected chi connectivity index (χ4v) is 3.61. The van der Waals surface area contributed by atoms with Gasteiger partial charge in [-0.3, -0.25) is 9.20 Å². The van der Waals surface area contributed by atoms with Crippen molar-refractivity contribution in [3.8, 4) is 11.3 Å². The average Bonchev–Trinajstić information content (AvgIpc) is 3.07. The summed E-state index contributed by atoms with van der Waals surface area (Å²) in [6, 6.07) is 5.86. The van der Waals surface area contributed by atoms with Crippen molar-refractivity contribution in [1.82, 2.24) is 34.3 Å². The van der Waals surface area contributed by atoms with Crippen molar-refractivity contribution < 1.29 is 0 Å². The number of piperazine rings is 1. The van der Waals surface area contributed by atoms with Crippen LogP contribution in [0.1, 0.15) is 12.7 Å². The second kappa shape index (κ2) is 6.38. The van der Waals surface area contributed by atoms with Crippen LogP contribution in [-0.2, 0) is 0 Å². The molecule has 0 saturated carbocycles. The second-order valence-corrected chi connectivity index (χ2v) is 7.14. The van der Waals surface area contributed by atoms with Gasteiger partial charge in [0, 0.05) is 55.9 Å². The van der Waals surface area contributed by atoms with Crippen molar-refractivity contribution in [3.63, 3.8) is 0 Å². The summed E-state index contributed by atoms with van der Waals surface area (Å²) >= 11 is 0. The third kappa shape index (κ3) is 2.89. The van der Waals surface area contributed by atoms with E-state index in [4.69, 9.17) is 0 Å². The highest BCUT2D eigenvalue weighted by molar-refractivity contribution is 5.62. The van der Waals surface area contributed by atoms with Gasteiger partial charge in [0.15, 0.2) is 0 Å². The molecule has 142 valence electrons. The Morgan fingerprint density at radius 1 is 1.21 bits per heavy atom. The summed E-state index contributed by atoms with van der Waals surface area (Å²) in [5, 5.41) is 7.70. The Bertz CT molecular complexity index is 1240. The second-order valence-electron chi connectivity index (χ2n) is 7.14. The van der Waals surface area contributed by atoms with Crippen molar-refractivity contribution in [2.75, 3.05) is 24.5 Å². The lowest BCUT2D eigenvalue weighted by molar-refractivity contribution is 0.484. The van der Waals surface area contributed by atoms with E-state index in [1.54, 1.807) is 21.3 Å². The molecular weight excluding hydrogens is 356 g/mol. The molecule has 1 saturated heterocycles. The highest BCUT2D eigenvalue weighted by Gasteiger charge is 2.17. The number of anilines is 1. The Balaban J connectivity index is 1.56. The molecule has 0 amide bonds. The highest BCUT2D eigenvalue weighted by atomic mass is 16.1. The molecule has 4 aromatic rings. The molecule has 1 N–H and O–H groups in total. The molecule has 9 nitrogen and oxygen atoms in total. The number of hydrogen-bond donors (Lipinski definition) is 1. The van der Waals surface area contributed by atoms with Crippen LogP contribution in [0.25, 0.3) is 22.7 Å². The standard InChI is InChI=1S/C19H20N8O/c1-12-9-25(6-5-20-12)15-3-4-17-23-16(7-18(28)26(17)11-15)14-8-21-19-22-13(2)24-27(19)10-14/h3-4,7-8,10-12,20H,5-6,9H2,1-2H3/t12-/m0/s1. The van der Waals surface area contributed by atoms with E-state index in [1.165, 1.54) is 6.07 Å². The molecule has 9 heteroatoms. The van der Waals surface area contributed by atoms with E-state index in [-0.39, 0.29) is 5.56 Å². The Morgan fingerprint density at radius 3 is 2.96 bits per heavy atom. The molecule has 0 spiro atoms. The van der Waals surface area contributed by atoms with Crippen LogP contribution in [0.5, 0.6) is 0 Å². The number of pyridine rings is 1. The Hall–Kier alpha value is -3.33. The van der Waals surface area contributed by atoms with Gasteiger partial charge in [0.1, 0.15) is 11.5 Å². The molecule has 1 aliphatic heterocycles. The van der Waals surface area contributed by atoms with Crippen LogP contribution in [0.3, 0.4) is 0 Å². The van der Waals surface area contributed by atoms with Crippen molar-refractivity contribution in [3.05, 3.63) is 53.0 Å². The maximum absolute atomic E-state index is 12.8. The molecule has 0 bridgehead atoms. The predicted octanol–water partition coefficient (Wildman–Crippen LogP) is 0.906. The van der Waals surface area contributed by atoms with Gasteiger partial charge in [-0.1, -0.05) is 0 Å². The van der Waals surface area contributed by atoms with E-state index in [9.17, 15) is 4.79 Å². The SMILES string of the molecule is Cc1nc2ncc(-c3cc(=O)n4cc(N5CCN[C@@H](C)C5)ccc4n3)cn2n1. The van der Waals surface area contributed by atoms with Crippen LogP contribution in [0, 0.1) is 6.92 Å². The summed E-state index contributed by atoms with van der Waals surface area (Å²) < 4.78 is 3.19. The van der Waals surface area contributed by atoms with Gasteiger partial charge in [0.2, 0.25) is 0 Å². The molecule has 1 atom stereocenters. The fraction of sp³-hybridized carbons (Fsp3) is 0.316. The van der Waals surface area contributed by atoms with E-state index >= 15 is 0 Å². The molecule has 5 heterocycles. The van der Waals surface area contributed by atoms with Gasteiger partial charge < -0.3 is 10.2 Å². The molecule has 0 aromatic carbocycles. The maximum Gasteiger partial charge on any atom is 0.258 e. The lowest BCUT2D eigenvalue weighted by atomic mass is 10.2. The summed E-state index contributed by atoms with van der Waals surface area (Å²) in [5.74, 6) is 1.17. The highest BCUT2D eigenvalue weighted by Crippen LogP contribution is 2.19. The number of aromatic nitrogens is 6. The van der Waals surface area contributed by atoms with Gasteiger partial charge >= 0.3 is 0 Å². The summed E-state index contributed by atoms with van der Waals surface area (Å²) in [6.45, 7) is 6.73. The van der Waals surface area contributed by atoms with Crippen molar-refractivity contribution in [2.24, 2.45) is 0 Å². The number of nitrogens with zero attached hydrogens (tertiary/aromatic N) is 7. The summed E-state index contributed by atoms with van der Waals surface area (Å²) in [4.78, 5) is 28.2. The molecule has 1 aliphatic rings. The van der Waals surface area contributed by atoms with Crippen molar-refractivity contribution in [1.29, 1.82) is 0 Å². The van der Waals surface area contributed by atoms with E-state index in [2.05, 4.69) is 37.2 Å². The Kier molecular flexibility index (Phi) is 3.83. The van der Waals surface area contributed by atoms with Gasteiger partial charge in [-0.2, -0.15) is 10.1 Å². The van der Waals surface area contributed by atoms with Gasteiger partial charge in [0.05, 0.1) is 11.4 Å². The summed E-state index contributed by atoms with van der Waals surface area (Å²) in [5.41, 5.74) is 2.79. The van der Waals surface area contributed by atoms with E-state index < -0.39 is 0 Å². The van der Waals surface area contributed by atoms with Crippen LogP contribution >= 0.6 is 0 Å². The van der Waals surface area contributed by atoms with Crippen molar-refractivity contribution >= 4 is 17.1 Å².